The number of halogens is 1. The number of nitriles is 1. The molecule has 0 spiro atoms. The van der Waals surface area contributed by atoms with E-state index in [-0.39, 0.29) is 12.6 Å². The first-order chi connectivity index (χ1) is 10.1. The summed E-state index contributed by atoms with van der Waals surface area (Å²) in [4.78, 5) is 4.09. The van der Waals surface area contributed by atoms with Gasteiger partial charge in [-0.25, -0.2) is 4.98 Å². The van der Waals surface area contributed by atoms with Crippen molar-refractivity contribution in [1.82, 2.24) is 4.98 Å². The highest BCUT2D eigenvalue weighted by Gasteiger charge is 2.10. The topological polar surface area (TPSA) is 57.9 Å². The molecule has 2 rings (SSSR count). The Balaban J connectivity index is 2.10. The number of aromatic nitrogens is 1. The Morgan fingerprint density at radius 3 is 2.67 bits per heavy atom. The quantitative estimate of drug-likeness (QED) is 0.844. The molecule has 0 aliphatic carbocycles. The van der Waals surface area contributed by atoms with Crippen molar-refractivity contribution in [3.8, 4) is 11.8 Å². The van der Waals surface area contributed by atoms with Gasteiger partial charge in [0.1, 0.15) is 11.8 Å². The number of aryl methyl sites for hydroxylation is 1. The van der Waals surface area contributed by atoms with Crippen molar-refractivity contribution in [3.05, 3.63) is 52.8 Å². The number of ether oxygens (including phenoxy) is 1. The van der Waals surface area contributed by atoms with Gasteiger partial charge in [-0.05, 0) is 43.2 Å². The minimum atomic E-state index is 0.0532. The summed E-state index contributed by atoms with van der Waals surface area (Å²) in [6.45, 7) is 4.09. The SMILES string of the molecule is Cc1ccnc(Cl)c1NC(C)c1ccc(OCC#N)cc1. The summed E-state index contributed by atoms with van der Waals surface area (Å²) in [6, 6.07) is 11.6. The second kappa shape index (κ2) is 6.96. The van der Waals surface area contributed by atoms with Crippen LogP contribution in [-0.4, -0.2) is 11.6 Å². The molecule has 21 heavy (non-hydrogen) atoms. The highest BCUT2D eigenvalue weighted by molar-refractivity contribution is 6.32. The smallest absolute Gasteiger partial charge is 0.174 e. The van der Waals surface area contributed by atoms with Crippen molar-refractivity contribution in [3.63, 3.8) is 0 Å². The molecule has 1 aromatic carbocycles. The van der Waals surface area contributed by atoms with E-state index in [2.05, 4.69) is 10.3 Å². The zero-order valence-electron chi connectivity index (χ0n) is 11.9. The second-order valence-electron chi connectivity index (χ2n) is 4.68. The third-order valence-corrected chi connectivity index (χ3v) is 3.44. The molecule has 0 amide bonds. The number of pyridine rings is 1. The van der Waals surface area contributed by atoms with E-state index in [1.165, 1.54) is 0 Å². The lowest BCUT2D eigenvalue weighted by atomic mass is 10.1. The van der Waals surface area contributed by atoms with Crippen LogP contribution in [0.5, 0.6) is 5.75 Å². The predicted octanol–water partition coefficient (Wildman–Crippen LogP) is 4.12. The summed E-state index contributed by atoms with van der Waals surface area (Å²) in [6.07, 6.45) is 1.69. The molecule has 108 valence electrons. The lowest BCUT2D eigenvalue weighted by Crippen LogP contribution is -2.08. The van der Waals surface area contributed by atoms with Gasteiger partial charge in [0.25, 0.3) is 0 Å². The summed E-state index contributed by atoms with van der Waals surface area (Å²) in [5.41, 5.74) is 2.99. The molecule has 0 radical (unpaired) electrons. The van der Waals surface area contributed by atoms with E-state index >= 15 is 0 Å². The summed E-state index contributed by atoms with van der Waals surface area (Å²) in [5.74, 6) is 0.683. The van der Waals surface area contributed by atoms with E-state index < -0.39 is 0 Å². The molecule has 1 heterocycles. The molecule has 0 fully saturated rings. The van der Waals surface area contributed by atoms with E-state index in [1.807, 2.05) is 50.2 Å². The van der Waals surface area contributed by atoms with Crippen molar-refractivity contribution < 1.29 is 4.74 Å². The standard InChI is InChI=1S/C16H16ClN3O/c1-11-7-9-19-16(17)15(11)20-12(2)13-3-5-14(6-4-13)21-10-8-18/h3-7,9,12,20H,10H2,1-2H3. The Kier molecular flexibility index (Phi) is 5.02. The van der Waals surface area contributed by atoms with Crippen LogP contribution < -0.4 is 10.1 Å². The molecule has 1 aromatic heterocycles. The number of rotatable bonds is 5. The number of hydrogen-bond donors (Lipinski definition) is 1. The van der Waals surface area contributed by atoms with Crippen LogP contribution in [0.3, 0.4) is 0 Å². The molecule has 4 nitrogen and oxygen atoms in total. The molecule has 1 atom stereocenters. The number of nitrogens with zero attached hydrogens (tertiary/aromatic N) is 2. The third kappa shape index (κ3) is 3.87. The van der Waals surface area contributed by atoms with E-state index in [1.54, 1.807) is 6.20 Å². The van der Waals surface area contributed by atoms with Crippen molar-refractivity contribution in [2.75, 3.05) is 11.9 Å². The molecule has 0 bridgehead atoms. The van der Waals surface area contributed by atoms with Crippen LogP contribution in [0.1, 0.15) is 24.1 Å². The highest BCUT2D eigenvalue weighted by Crippen LogP contribution is 2.28. The Labute approximate surface area is 129 Å². The molecule has 5 heteroatoms. The Morgan fingerprint density at radius 2 is 2.05 bits per heavy atom. The van der Waals surface area contributed by atoms with Crippen LogP contribution in [0.25, 0.3) is 0 Å². The first-order valence-corrected chi connectivity index (χ1v) is 6.97. The van der Waals surface area contributed by atoms with E-state index in [0.717, 1.165) is 16.8 Å². The van der Waals surface area contributed by atoms with Gasteiger partial charge in [0.2, 0.25) is 0 Å². The van der Waals surface area contributed by atoms with Crippen LogP contribution in [0, 0.1) is 18.3 Å². The van der Waals surface area contributed by atoms with Gasteiger partial charge >= 0.3 is 0 Å². The van der Waals surface area contributed by atoms with Crippen LogP contribution in [-0.2, 0) is 0 Å². The van der Waals surface area contributed by atoms with Gasteiger partial charge in [-0.2, -0.15) is 5.26 Å². The predicted molar refractivity (Wildman–Crippen MR) is 83.6 cm³/mol. The fourth-order valence-corrected chi connectivity index (χ4v) is 2.23. The van der Waals surface area contributed by atoms with E-state index in [9.17, 15) is 0 Å². The van der Waals surface area contributed by atoms with Crippen LogP contribution in [0.4, 0.5) is 5.69 Å². The van der Waals surface area contributed by atoms with E-state index in [4.69, 9.17) is 21.6 Å². The second-order valence-corrected chi connectivity index (χ2v) is 5.03. The zero-order valence-corrected chi connectivity index (χ0v) is 12.7. The van der Waals surface area contributed by atoms with Crippen LogP contribution in [0.2, 0.25) is 5.15 Å². The number of benzene rings is 1. The van der Waals surface area contributed by atoms with Gasteiger partial charge in [-0.15, -0.1) is 0 Å². The Hall–Kier alpha value is -2.25. The first kappa shape index (κ1) is 15.1. The molecule has 0 aliphatic rings. The summed E-state index contributed by atoms with van der Waals surface area (Å²) >= 11 is 6.12. The van der Waals surface area contributed by atoms with Crippen molar-refractivity contribution in [2.24, 2.45) is 0 Å². The maximum atomic E-state index is 8.48. The molecular weight excluding hydrogens is 286 g/mol. The minimum absolute atomic E-state index is 0.0532. The average molecular weight is 302 g/mol. The zero-order chi connectivity index (χ0) is 15.2. The van der Waals surface area contributed by atoms with Crippen molar-refractivity contribution in [1.29, 1.82) is 5.26 Å². The van der Waals surface area contributed by atoms with Crippen molar-refractivity contribution in [2.45, 2.75) is 19.9 Å². The minimum Gasteiger partial charge on any atom is -0.479 e. The largest absolute Gasteiger partial charge is 0.479 e. The lowest BCUT2D eigenvalue weighted by Gasteiger charge is -2.18. The van der Waals surface area contributed by atoms with Crippen molar-refractivity contribution >= 4 is 17.3 Å². The third-order valence-electron chi connectivity index (χ3n) is 3.16. The van der Waals surface area contributed by atoms with Gasteiger partial charge in [0.05, 0.1) is 5.69 Å². The molecule has 1 unspecified atom stereocenters. The summed E-state index contributed by atoms with van der Waals surface area (Å²) in [7, 11) is 0. The summed E-state index contributed by atoms with van der Waals surface area (Å²) < 4.78 is 5.23. The van der Waals surface area contributed by atoms with Gasteiger partial charge in [-0.3, -0.25) is 0 Å². The molecule has 0 saturated carbocycles. The molecular formula is C16H16ClN3O. The number of nitrogens with one attached hydrogen (secondary N) is 1. The number of hydrogen-bond acceptors (Lipinski definition) is 4. The Bertz CT molecular complexity index is 629. The normalized spacial score (nSPS) is 11.5. The average Bonchev–Trinajstić information content (AvgIpc) is 2.49. The highest BCUT2D eigenvalue weighted by atomic mass is 35.5. The molecule has 0 aliphatic heterocycles. The van der Waals surface area contributed by atoms with Crippen LogP contribution >= 0.6 is 11.6 Å². The molecule has 2 aromatic rings. The van der Waals surface area contributed by atoms with Gasteiger partial charge in [0, 0.05) is 12.2 Å². The lowest BCUT2D eigenvalue weighted by molar-refractivity contribution is 0.368. The maximum absolute atomic E-state index is 8.48. The van der Waals surface area contributed by atoms with Gasteiger partial charge in [0.15, 0.2) is 11.8 Å². The van der Waals surface area contributed by atoms with E-state index in [0.29, 0.717) is 10.9 Å². The number of anilines is 1. The van der Waals surface area contributed by atoms with Crippen LogP contribution in [0.15, 0.2) is 36.5 Å². The molecule has 1 N–H and O–H groups in total. The monoisotopic (exact) mass is 301 g/mol. The van der Waals surface area contributed by atoms with Gasteiger partial charge < -0.3 is 10.1 Å². The Morgan fingerprint density at radius 1 is 1.33 bits per heavy atom. The fraction of sp³-hybridized carbons (Fsp3) is 0.250. The molecule has 0 saturated heterocycles. The fourth-order valence-electron chi connectivity index (χ4n) is 1.97. The maximum Gasteiger partial charge on any atom is 0.174 e. The summed E-state index contributed by atoms with van der Waals surface area (Å²) in [5, 5.41) is 12.3. The van der Waals surface area contributed by atoms with Gasteiger partial charge in [-0.1, -0.05) is 23.7 Å². The first-order valence-electron chi connectivity index (χ1n) is 6.59.